The maximum atomic E-state index is 12.5. The number of methoxy groups -OCH3 is 1. The van der Waals surface area contributed by atoms with Gasteiger partial charge in [-0.2, -0.15) is 0 Å². The van der Waals surface area contributed by atoms with Crippen LogP contribution in [0.15, 0.2) is 66.7 Å². The third-order valence-electron chi connectivity index (χ3n) is 4.45. The van der Waals surface area contributed by atoms with Gasteiger partial charge in [-0.25, -0.2) is 4.79 Å². The van der Waals surface area contributed by atoms with Gasteiger partial charge in [0.1, 0.15) is 5.75 Å². The molecule has 0 bridgehead atoms. The lowest BCUT2D eigenvalue weighted by Crippen LogP contribution is -2.22. The Hall–Kier alpha value is -3.84. The summed E-state index contributed by atoms with van der Waals surface area (Å²) in [5.74, 6) is -1.17. The second-order valence-electron chi connectivity index (χ2n) is 6.84. The molecule has 0 aromatic heterocycles. The fraction of sp³-hybridized carbons (Fsp3) is 0.125. The van der Waals surface area contributed by atoms with E-state index in [4.69, 9.17) is 21.1 Å². The Morgan fingerprint density at radius 3 is 2.44 bits per heavy atom. The number of halogens is 1. The highest BCUT2D eigenvalue weighted by atomic mass is 35.5. The topological polar surface area (TPSA) is 93.7 Å². The first-order valence-corrected chi connectivity index (χ1v) is 10.0. The number of aryl methyl sites for hydroxylation is 1. The minimum Gasteiger partial charge on any atom is -0.495 e. The first-order valence-electron chi connectivity index (χ1n) is 9.65. The number of hydrogen-bond acceptors (Lipinski definition) is 5. The summed E-state index contributed by atoms with van der Waals surface area (Å²) in [6, 6.07) is 18.2. The predicted molar refractivity (Wildman–Crippen MR) is 122 cm³/mol. The predicted octanol–water partition coefficient (Wildman–Crippen LogP) is 4.70. The largest absolute Gasteiger partial charge is 0.495 e. The van der Waals surface area contributed by atoms with Crippen LogP contribution in [0, 0.1) is 6.92 Å². The Bertz CT molecular complexity index is 1160. The number of amides is 2. The molecule has 0 fully saturated rings. The van der Waals surface area contributed by atoms with Gasteiger partial charge in [-0.15, -0.1) is 0 Å². The second-order valence-corrected chi connectivity index (χ2v) is 7.25. The van der Waals surface area contributed by atoms with Crippen LogP contribution in [0.25, 0.3) is 0 Å². The molecule has 7 nitrogen and oxygen atoms in total. The van der Waals surface area contributed by atoms with Gasteiger partial charge in [-0.05, 0) is 49.4 Å². The Labute approximate surface area is 190 Å². The molecule has 164 valence electrons. The summed E-state index contributed by atoms with van der Waals surface area (Å²) >= 11 is 6.04. The molecule has 0 radical (unpaired) electrons. The van der Waals surface area contributed by atoms with Crippen molar-refractivity contribution >= 4 is 40.8 Å². The number of esters is 1. The van der Waals surface area contributed by atoms with Gasteiger partial charge < -0.3 is 20.1 Å². The summed E-state index contributed by atoms with van der Waals surface area (Å²) in [6.45, 7) is 1.37. The van der Waals surface area contributed by atoms with Crippen LogP contribution in [-0.2, 0) is 9.53 Å². The molecule has 0 saturated heterocycles. The average molecular weight is 453 g/mol. The van der Waals surface area contributed by atoms with Crippen molar-refractivity contribution in [1.82, 2.24) is 0 Å². The van der Waals surface area contributed by atoms with E-state index in [-0.39, 0.29) is 17.2 Å². The summed E-state index contributed by atoms with van der Waals surface area (Å²) in [6.07, 6.45) is 0. The Morgan fingerprint density at radius 2 is 1.72 bits per heavy atom. The number of hydrogen-bond donors (Lipinski definition) is 2. The average Bonchev–Trinajstić information content (AvgIpc) is 2.78. The van der Waals surface area contributed by atoms with E-state index in [1.54, 1.807) is 48.5 Å². The molecule has 0 spiro atoms. The van der Waals surface area contributed by atoms with Crippen molar-refractivity contribution in [3.63, 3.8) is 0 Å². The third-order valence-corrected chi connectivity index (χ3v) is 4.74. The van der Waals surface area contributed by atoms with E-state index >= 15 is 0 Å². The van der Waals surface area contributed by atoms with E-state index < -0.39 is 18.5 Å². The van der Waals surface area contributed by atoms with Crippen molar-refractivity contribution in [2.45, 2.75) is 6.92 Å². The van der Waals surface area contributed by atoms with Crippen molar-refractivity contribution in [3.05, 3.63) is 88.4 Å². The lowest BCUT2D eigenvalue weighted by molar-refractivity contribution is -0.119. The first kappa shape index (κ1) is 22.8. The van der Waals surface area contributed by atoms with Crippen molar-refractivity contribution < 1.29 is 23.9 Å². The molecule has 0 aliphatic heterocycles. The zero-order valence-corrected chi connectivity index (χ0v) is 18.2. The molecule has 3 rings (SSSR count). The highest BCUT2D eigenvalue weighted by molar-refractivity contribution is 6.32. The van der Waals surface area contributed by atoms with Crippen LogP contribution >= 0.6 is 11.6 Å². The summed E-state index contributed by atoms with van der Waals surface area (Å²) in [4.78, 5) is 37.2. The number of nitrogens with one attached hydrogen (secondary N) is 2. The van der Waals surface area contributed by atoms with Crippen molar-refractivity contribution in [2.75, 3.05) is 24.4 Å². The maximum Gasteiger partial charge on any atom is 0.340 e. The van der Waals surface area contributed by atoms with E-state index in [0.717, 1.165) is 5.56 Å². The summed E-state index contributed by atoms with van der Waals surface area (Å²) in [5, 5.41) is 5.64. The number of benzene rings is 3. The number of anilines is 2. The zero-order valence-electron chi connectivity index (χ0n) is 17.5. The fourth-order valence-corrected chi connectivity index (χ4v) is 3.16. The second kappa shape index (κ2) is 10.5. The Morgan fingerprint density at radius 1 is 0.938 bits per heavy atom. The normalized spacial score (nSPS) is 10.2. The highest BCUT2D eigenvalue weighted by Gasteiger charge is 2.17. The van der Waals surface area contributed by atoms with Gasteiger partial charge >= 0.3 is 5.97 Å². The molecule has 2 N–H and O–H groups in total. The minimum atomic E-state index is -0.743. The van der Waals surface area contributed by atoms with Crippen LogP contribution in [0.5, 0.6) is 5.75 Å². The number of ether oxygens (including phenoxy) is 2. The van der Waals surface area contributed by atoms with Crippen LogP contribution in [0.2, 0.25) is 5.02 Å². The fourth-order valence-electron chi connectivity index (χ4n) is 2.90. The molecule has 32 heavy (non-hydrogen) atoms. The van der Waals surface area contributed by atoms with E-state index in [9.17, 15) is 14.4 Å². The van der Waals surface area contributed by atoms with E-state index in [1.165, 1.54) is 19.2 Å². The third kappa shape index (κ3) is 5.86. The van der Waals surface area contributed by atoms with Crippen LogP contribution in [0.1, 0.15) is 26.3 Å². The molecule has 2 amide bonds. The molecule has 0 aliphatic carbocycles. The van der Waals surface area contributed by atoms with E-state index in [2.05, 4.69) is 10.6 Å². The van der Waals surface area contributed by atoms with Crippen molar-refractivity contribution in [2.24, 2.45) is 0 Å². The van der Waals surface area contributed by atoms with Crippen LogP contribution < -0.4 is 15.4 Å². The molecule has 0 heterocycles. The molecule has 3 aromatic rings. The SMILES string of the molecule is COc1ccc(NC(=O)COC(=O)c2ccccc2NC(=O)c2cccc(C)c2)cc1Cl. The van der Waals surface area contributed by atoms with Crippen LogP contribution in [0.3, 0.4) is 0 Å². The molecule has 0 unspecified atom stereocenters. The van der Waals surface area contributed by atoms with Gasteiger partial charge in [-0.3, -0.25) is 9.59 Å². The lowest BCUT2D eigenvalue weighted by atomic mass is 10.1. The quantitative estimate of drug-likeness (QED) is 0.506. The Balaban J connectivity index is 1.62. The van der Waals surface area contributed by atoms with Gasteiger partial charge in [0.05, 0.1) is 23.4 Å². The summed E-state index contributed by atoms with van der Waals surface area (Å²) < 4.78 is 10.2. The smallest absolute Gasteiger partial charge is 0.340 e. The van der Waals surface area contributed by atoms with Crippen LogP contribution in [0.4, 0.5) is 11.4 Å². The van der Waals surface area contributed by atoms with Crippen molar-refractivity contribution in [3.8, 4) is 5.75 Å². The van der Waals surface area contributed by atoms with Gasteiger partial charge in [0.2, 0.25) is 0 Å². The number of rotatable bonds is 7. The standard InChI is InChI=1S/C24H21ClN2O5/c1-15-6-5-7-16(12-15)23(29)27-20-9-4-3-8-18(20)24(30)32-14-22(28)26-17-10-11-21(31-2)19(25)13-17/h3-13H,14H2,1-2H3,(H,26,28)(H,27,29). The van der Waals surface area contributed by atoms with Gasteiger partial charge in [-0.1, -0.05) is 41.4 Å². The van der Waals surface area contributed by atoms with Gasteiger partial charge in [0, 0.05) is 11.3 Å². The molecular weight excluding hydrogens is 432 g/mol. The maximum absolute atomic E-state index is 12.5. The number of carbonyl (C=O) groups is 3. The van der Waals surface area contributed by atoms with Crippen LogP contribution in [-0.4, -0.2) is 31.5 Å². The minimum absolute atomic E-state index is 0.133. The van der Waals surface area contributed by atoms with Gasteiger partial charge in [0.25, 0.3) is 11.8 Å². The number of para-hydroxylation sites is 1. The molecule has 0 saturated carbocycles. The lowest BCUT2D eigenvalue weighted by Gasteiger charge is -2.12. The zero-order chi connectivity index (χ0) is 23.1. The first-order chi connectivity index (χ1) is 15.4. The monoisotopic (exact) mass is 452 g/mol. The molecular formula is C24H21ClN2O5. The Kier molecular flexibility index (Phi) is 7.46. The molecule has 3 aromatic carbocycles. The van der Waals surface area contributed by atoms with E-state index in [1.807, 2.05) is 13.0 Å². The van der Waals surface area contributed by atoms with Crippen molar-refractivity contribution in [1.29, 1.82) is 0 Å². The summed E-state index contributed by atoms with van der Waals surface area (Å²) in [5.41, 5.74) is 2.25. The summed E-state index contributed by atoms with van der Waals surface area (Å²) in [7, 11) is 1.49. The van der Waals surface area contributed by atoms with Gasteiger partial charge in [0.15, 0.2) is 6.61 Å². The number of carbonyl (C=O) groups excluding carboxylic acids is 3. The highest BCUT2D eigenvalue weighted by Crippen LogP contribution is 2.27. The molecule has 0 aliphatic rings. The molecule has 0 atom stereocenters. The molecule has 8 heteroatoms. The van der Waals surface area contributed by atoms with E-state index in [0.29, 0.717) is 22.0 Å².